The van der Waals surface area contributed by atoms with Crippen molar-refractivity contribution in [2.75, 3.05) is 12.3 Å². The number of nitrogens with two attached hydrogens (primary N) is 1. The van der Waals surface area contributed by atoms with Gasteiger partial charge in [0.25, 0.3) is 0 Å². The molecule has 2 N–H and O–H groups in total. The minimum absolute atomic E-state index is 0. The van der Waals surface area contributed by atoms with Crippen molar-refractivity contribution in [1.82, 2.24) is 4.57 Å². The van der Waals surface area contributed by atoms with Gasteiger partial charge in [0.05, 0.1) is 12.3 Å². The van der Waals surface area contributed by atoms with Crippen molar-refractivity contribution in [3.05, 3.63) is 18.0 Å². The Kier molecular flexibility index (Phi) is 4.34. The SMILES string of the molecule is CCOC(=O)c1cn(C)cc1N.Cl. The van der Waals surface area contributed by atoms with Crippen molar-refractivity contribution in [1.29, 1.82) is 0 Å². The Hall–Kier alpha value is -1.16. The number of hydrogen-bond acceptors (Lipinski definition) is 3. The van der Waals surface area contributed by atoms with E-state index in [2.05, 4.69) is 0 Å². The van der Waals surface area contributed by atoms with Gasteiger partial charge in [0, 0.05) is 19.4 Å². The van der Waals surface area contributed by atoms with E-state index < -0.39 is 0 Å². The van der Waals surface area contributed by atoms with Crippen molar-refractivity contribution >= 4 is 24.1 Å². The Morgan fingerprint density at radius 3 is 2.62 bits per heavy atom. The van der Waals surface area contributed by atoms with Gasteiger partial charge in [0.1, 0.15) is 5.56 Å². The summed E-state index contributed by atoms with van der Waals surface area (Å²) in [6.45, 7) is 2.13. The molecule has 0 radical (unpaired) electrons. The highest BCUT2D eigenvalue weighted by atomic mass is 35.5. The van der Waals surface area contributed by atoms with Gasteiger partial charge in [0.2, 0.25) is 0 Å². The number of nitrogens with zero attached hydrogens (tertiary/aromatic N) is 1. The van der Waals surface area contributed by atoms with Crippen LogP contribution in [0.5, 0.6) is 0 Å². The maximum Gasteiger partial charge on any atom is 0.341 e. The van der Waals surface area contributed by atoms with Crippen molar-refractivity contribution in [3.8, 4) is 0 Å². The van der Waals surface area contributed by atoms with Crippen molar-refractivity contribution < 1.29 is 9.53 Å². The molecule has 0 aliphatic carbocycles. The maximum atomic E-state index is 11.2. The smallest absolute Gasteiger partial charge is 0.341 e. The Labute approximate surface area is 83.1 Å². The number of aromatic nitrogens is 1. The van der Waals surface area contributed by atoms with Crippen LogP contribution >= 0.6 is 12.4 Å². The highest BCUT2D eigenvalue weighted by Crippen LogP contribution is 2.12. The molecule has 4 nitrogen and oxygen atoms in total. The third kappa shape index (κ3) is 2.66. The van der Waals surface area contributed by atoms with E-state index in [4.69, 9.17) is 10.5 Å². The quantitative estimate of drug-likeness (QED) is 0.737. The summed E-state index contributed by atoms with van der Waals surface area (Å²) in [5.74, 6) is -0.365. The molecule has 1 heterocycles. The maximum absolute atomic E-state index is 11.2. The van der Waals surface area contributed by atoms with Crippen LogP contribution in [-0.4, -0.2) is 17.1 Å². The molecule has 13 heavy (non-hydrogen) atoms. The fourth-order valence-electron chi connectivity index (χ4n) is 0.984. The van der Waals surface area contributed by atoms with Crippen LogP contribution in [0, 0.1) is 0 Å². The molecule has 0 aliphatic heterocycles. The number of carbonyl (C=O) groups excluding carboxylic acids is 1. The van der Waals surface area contributed by atoms with E-state index in [0.29, 0.717) is 17.9 Å². The molecule has 0 atom stereocenters. The predicted molar refractivity (Wildman–Crippen MR) is 53.0 cm³/mol. The van der Waals surface area contributed by atoms with Crippen molar-refractivity contribution in [3.63, 3.8) is 0 Å². The number of ether oxygens (including phenoxy) is 1. The van der Waals surface area contributed by atoms with Crippen molar-refractivity contribution in [2.45, 2.75) is 6.92 Å². The van der Waals surface area contributed by atoms with E-state index in [0.717, 1.165) is 0 Å². The first-order valence-electron chi connectivity index (χ1n) is 3.73. The summed E-state index contributed by atoms with van der Waals surface area (Å²) in [6, 6.07) is 0. The van der Waals surface area contributed by atoms with Crippen LogP contribution in [-0.2, 0) is 11.8 Å². The summed E-state index contributed by atoms with van der Waals surface area (Å²) in [6.07, 6.45) is 3.32. The third-order valence-corrected chi connectivity index (χ3v) is 1.48. The van der Waals surface area contributed by atoms with E-state index in [1.54, 1.807) is 30.9 Å². The Bertz CT molecular complexity index is 296. The second kappa shape index (κ2) is 4.77. The fraction of sp³-hybridized carbons (Fsp3) is 0.375. The number of rotatable bonds is 2. The highest BCUT2D eigenvalue weighted by Gasteiger charge is 2.11. The van der Waals surface area contributed by atoms with Gasteiger partial charge >= 0.3 is 5.97 Å². The number of carbonyl (C=O) groups is 1. The standard InChI is InChI=1S/C8H12N2O2.ClH/c1-3-12-8(11)6-4-10(2)5-7(6)9;/h4-5H,3,9H2,1-2H3;1H. The monoisotopic (exact) mass is 204 g/mol. The number of anilines is 1. The molecule has 0 amide bonds. The topological polar surface area (TPSA) is 57.2 Å². The number of hydrogen-bond donors (Lipinski definition) is 1. The average Bonchev–Trinajstić information content (AvgIpc) is 2.30. The number of aryl methyl sites for hydroxylation is 1. The van der Waals surface area contributed by atoms with E-state index in [1.165, 1.54) is 0 Å². The van der Waals surface area contributed by atoms with Gasteiger partial charge in [-0.3, -0.25) is 0 Å². The predicted octanol–water partition coefficient (Wildman–Crippen LogP) is 1.21. The van der Waals surface area contributed by atoms with Gasteiger partial charge in [-0.1, -0.05) is 0 Å². The minimum Gasteiger partial charge on any atom is -0.462 e. The molecule has 0 saturated heterocycles. The third-order valence-electron chi connectivity index (χ3n) is 1.48. The highest BCUT2D eigenvalue weighted by molar-refractivity contribution is 5.94. The fourth-order valence-corrected chi connectivity index (χ4v) is 0.984. The number of esters is 1. The summed E-state index contributed by atoms with van der Waals surface area (Å²) < 4.78 is 6.51. The van der Waals surface area contributed by atoms with Gasteiger partial charge in [0.15, 0.2) is 0 Å². The molecular formula is C8H13ClN2O2. The molecule has 0 spiro atoms. The van der Waals surface area contributed by atoms with Crippen LogP contribution in [0.25, 0.3) is 0 Å². The van der Waals surface area contributed by atoms with E-state index in [9.17, 15) is 4.79 Å². The van der Waals surface area contributed by atoms with Gasteiger partial charge in [-0.2, -0.15) is 0 Å². The zero-order valence-corrected chi connectivity index (χ0v) is 8.43. The summed E-state index contributed by atoms with van der Waals surface area (Å²) in [7, 11) is 1.80. The lowest BCUT2D eigenvalue weighted by Gasteiger charge is -1.98. The first kappa shape index (κ1) is 11.8. The van der Waals surface area contributed by atoms with Crippen molar-refractivity contribution in [2.24, 2.45) is 7.05 Å². The molecule has 0 bridgehead atoms. The summed E-state index contributed by atoms with van der Waals surface area (Å²) >= 11 is 0. The van der Waals surface area contributed by atoms with E-state index in [-0.39, 0.29) is 18.4 Å². The lowest BCUT2D eigenvalue weighted by atomic mass is 10.3. The largest absolute Gasteiger partial charge is 0.462 e. The number of nitrogen functional groups attached to an aromatic ring is 1. The van der Waals surface area contributed by atoms with Crippen LogP contribution in [0.15, 0.2) is 12.4 Å². The van der Waals surface area contributed by atoms with Gasteiger partial charge in [-0.05, 0) is 6.92 Å². The Balaban J connectivity index is 0.00000144. The van der Waals surface area contributed by atoms with Crippen LogP contribution < -0.4 is 5.73 Å². The van der Waals surface area contributed by atoms with E-state index in [1.807, 2.05) is 0 Å². The second-order valence-corrected chi connectivity index (χ2v) is 2.51. The Morgan fingerprint density at radius 2 is 2.23 bits per heavy atom. The Morgan fingerprint density at radius 1 is 1.62 bits per heavy atom. The average molecular weight is 205 g/mol. The van der Waals surface area contributed by atoms with Gasteiger partial charge < -0.3 is 15.0 Å². The molecule has 74 valence electrons. The zero-order valence-electron chi connectivity index (χ0n) is 7.61. The molecule has 5 heteroatoms. The molecule has 0 fully saturated rings. The van der Waals surface area contributed by atoms with Crippen LogP contribution in [0.4, 0.5) is 5.69 Å². The molecule has 0 aromatic carbocycles. The summed E-state index contributed by atoms with van der Waals surface area (Å²) in [5.41, 5.74) is 6.44. The van der Waals surface area contributed by atoms with Crippen LogP contribution in [0.3, 0.4) is 0 Å². The molecule has 1 rings (SSSR count). The molecule has 1 aromatic heterocycles. The summed E-state index contributed by atoms with van der Waals surface area (Å²) in [4.78, 5) is 11.2. The second-order valence-electron chi connectivity index (χ2n) is 2.51. The molecule has 0 unspecified atom stereocenters. The van der Waals surface area contributed by atoms with Crippen LogP contribution in [0.1, 0.15) is 17.3 Å². The minimum atomic E-state index is -0.365. The first-order valence-corrected chi connectivity index (χ1v) is 3.73. The normalized spacial score (nSPS) is 9.08. The molecule has 1 aromatic rings. The van der Waals surface area contributed by atoms with Gasteiger partial charge in [-0.15, -0.1) is 12.4 Å². The lowest BCUT2D eigenvalue weighted by Crippen LogP contribution is -2.05. The first-order chi connectivity index (χ1) is 5.65. The van der Waals surface area contributed by atoms with Gasteiger partial charge in [-0.25, -0.2) is 4.79 Å². The van der Waals surface area contributed by atoms with Crippen LogP contribution in [0.2, 0.25) is 0 Å². The molecule has 0 aliphatic rings. The zero-order chi connectivity index (χ0) is 9.14. The lowest BCUT2D eigenvalue weighted by molar-refractivity contribution is 0.0527. The molecular weight excluding hydrogens is 192 g/mol. The number of halogens is 1. The summed E-state index contributed by atoms with van der Waals surface area (Å²) in [5, 5.41) is 0. The molecule has 0 saturated carbocycles. The van der Waals surface area contributed by atoms with E-state index >= 15 is 0 Å².